The molecule has 2 aliphatic rings. The number of amides is 1. The number of carbonyl (C=O) groups excluding carboxylic acids is 1. The van der Waals surface area contributed by atoms with Gasteiger partial charge in [-0.05, 0) is 18.4 Å². The van der Waals surface area contributed by atoms with Gasteiger partial charge >= 0.3 is 0 Å². The zero-order valence-corrected chi connectivity index (χ0v) is 15.6. The van der Waals surface area contributed by atoms with E-state index in [9.17, 15) is 4.79 Å². The number of likely N-dealkylation sites (tertiary alicyclic amines) is 1. The van der Waals surface area contributed by atoms with Crippen LogP contribution in [0.5, 0.6) is 11.5 Å². The number of nitrogens with one attached hydrogen (secondary N) is 1. The molecule has 2 aliphatic heterocycles. The SMILES string of the molecule is CC[C@@H]1CN(C(=O)C(C)C)CC[C@@H]1NCc1cccc2c1OCCO2. The van der Waals surface area contributed by atoms with Crippen LogP contribution < -0.4 is 14.8 Å². The van der Waals surface area contributed by atoms with Crippen LogP contribution >= 0.6 is 0 Å². The van der Waals surface area contributed by atoms with E-state index in [1.807, 2.05) is 30.9 Å². The molecular weight excluding hydrogens is 316 g/mol. The number of rotatable bonds is 5. The number of carbonyl (C=O) groups is 1. The zero-order valence-electron chi connectivity index (χ0n) is 15.6. The lowest BCUT2D eigenvalue weighted by atomic mass is 9.89. The van der Waals surface area contributed by atoms with Gasteiger partial charge in [0.15, 0.2) is 11.5 Å². The Balaban J connectivity index is 1.61. The van der Waals surface area contributed by atoms with Gasteiger partial charge in [0.25, 0.3) is 0 Å². The van der Waals surface area contributed by atoms with Crippen LogP contribution in [-0.4, -0.2) is 43.2 Å². The van der Waals surface area contributed by atoms with E-state index in [1.165, 1.54) is 0 Å². The van der Waals surface area contributed by atoms with E-state index in [-0.39, 0.29) is 11.8 Å². The molecule has 0 saturated carbocycles. The van der Waals surface area contributed by atoms with Gasteiger partial charge in [-0.1, -0.05) is 39.3 Å². The van der Waals surface area contributed by atoms with Gasteiger partial charge in [-0.3, -0.25) is 4.79 Å². The third-order valence-corrected chi connectivity index (χ3v) is 5.27. The van der Waals surface area contributed by atoms with E-state index in [0.29, 0.717) is 25.2 Å². The van der Waals surface area contributed by atoms with Crippen molar-refractivity contribution in [3.05, 3.63) is 23.8 Å². The number of nitrogens with zero attached hydrogens (tertiary/aromatic N) is 1. The Labute approximate surface area is 150 Å². The van der Waals surface area contributed by atoms with Crippen LogP contribution in [0.4, 0.5) is 0 Å². The minimum atomic E-state index is 0.0787. The molecule has 0 bridgehead atoms. The summed E-state index contributed by atoms with van der Waals surface area (Å²) >= 11 is 0. The standard InChI is InChI=1S/C20H30N2O3/c1-4-15-13-22(20(23)14(2)3)9-8-17(15)21-12-16-6-5-7-18-19(16)25-11-10-24-18/h5-7,14-15,17,21H,4,8-13H2,1-3H3/t15-,17+/m1/s1. The van der Waals surface area contributed by atoms with Gasteiger partial charge in [0.2, 0.25) is 5.91 Å². The van der Waals surface area contributed by atoms with Crippen molar-refractivity contribution in [1.29, 1.82) is 0 Å². The van der Waals surface area contributed by atoms with Crippen LogP contribution in [0.25, 0.3) is 0 Å². The maximum Gasteiger partial charge on any atom is 0.225 e. The average molecular weight is 346 g/mol. The first-order valence-corrected chi connectivity index (χ1v) is 9.49. The van der Waals surface area contributed by atoms with Gasteiger partial charge in [-0.2, -0.15) is 0 Å². The minimum absolute atomic E-state index is 0.0787. The molecule has 1 amide bonds. The summed E-state index contributed by atoms with van der Waals surface area (Å²) in [5.41, 5.74) is 1.15. The summed E-state index contributed by atoms with van der Waals surface area (Å²) in [4.78, 5) is 14.3. The van der Waals surface area contributed by atoms with E-state index in [0.717, 1.165) is 49.5 Å². The Hall–Kier alpha value is -1.75. The molecule has 25 heavy (non-hydrogen) atoms. The molecule has 3 rings (SSSR count). The van der Waals surface area contributed by atoms with E-state index < -0.39 is 0 Å². The number of piperidine rings is 1. The van der Waals surface area contributed by atoms with Crippen molar-refractivity contribution in [2.24, 2.45) is 11.8 Å². The lowest BCUT2D eigenvalue weighted by molar-refractivity contribution is -0.136. The Morgan fingerprint density at radius 3 is 2.88 bits per heavy atom. The van der Waals surface area contributed by atoms with Crippen LogP contribution in [0.15, 0.2) is 18.2 Å². The fraction of sp³-hybridized carbons (Fsp3) is 0.650. The van der Waals surface area contributed by atoms with Gasteiger partial charge in [0.05, 0.1) is 0 Å². The predicted molar refractivity (Wildman–Crippen MR) is 97.9 cm³/mol. The fourth-order valence-electron chi connectivity index (χ4n) is 3.79. The second kappa shape index (κ2) is 8.09. The monoisotopic (exact) mass is 346 g/mol. The summed E-state index contributed by atoms with van der Waals surface area (Å²) in [5.74, 6) is 2.57. The first-order valence-electron chi connectivity index (χ1n) is 9.49. The Morgan fingerprint density at radius 2 is 2.12 bits per heavy atom. The van der Waals surface area contributed by atoms with Crippen LogP contribution in [0.2, 0.25) is 0 Å². The number of ether oxygens (including phenoxy) is 2. The summed E-state index contributed by atoms with van der Waals surface area (Å²) < 4.78 is 11.5. The van der Waals surface area contributed by atoms with Crippen molar-refractivity contribution in [3.63, 3.8) is 0 Å². The molecule has 1 aromatic carbocycles. The summed E-state index contributed by atoms with van der Waals surface area (Å²) in [7, 11) is 0. The molecule has 0 aliphatic carbocycles. The topological polar surface area (TPSA) is 50.8 Å². The molecule has 5 nitrogen and oxygen atoms in total. The number of fused-ring (bicyclic) bond motifs is 1. The number of benzene rings is 1. The molecular formula is C20H30N2O3. The highest BCUT2D eigenvalue weighted by Gasteiger charge is 2.31. The quantitative estimate of drug-likeness (QED) is 0.891. The second-order valence-corrected chi connectivity index (χ2v) is 7.32. The van der Waals surface area contributed by atoms with Gasteiger partial charge < -0.3 is 19.7 Å². The molecule has 1 aromatic rings. The van der Waals surface area contributed by atoms with E-state index in [1.54, 1.807) is 0 Å². The molecule has 5 heteroatoms. The molecule has 0 aromatic heterocycles. The molecule has 1 saturated heterocycles. The number of para-hydroxylation sites is 1. The van der Waals surface area contributed by atoms with Crippen molar-refractivity contribution in [3.8, 4) is 11.5 Å². The molecule has 2 atom stereocenters. The maximum absolute atomic E-state index is 12.3. The van der Waals surface area contributed by atoms with Crippen molar-refractivity contribution in [1.82, 2.24) is 10.2 Å². The average Bonchev–Trinajstić information content (AvgIpc) is 2.65. The fourth-order valence-corrected chi connectivity index (χ4v) is 3.79. The van der Waals surface area contributed by atoms with Crippen molar-refractivity contribution < 1.29 is 14.3 Å². The van der Waals surface area contributed by atoms with E-state index >= 15 is 0 Å². The molecule has 138 valence electrons. The summed E-state index contributed by atoms with van der Waals surface area (Å²) in [6.45, 7) is 9.87. The predicted octanol–water partition coefficient (Wildman–Crippen LogP) is 2.83. The molecule has 0 radical (unpaired) electrons. The molecule has 2 heterocycles. The summed E-state index contributed by atoms with van der Waals surface area (Å²) in [6.07, 6.45) is 2.08. The Kier molecular flexibility index (Phi) is 5.84. The number of hydrogen-bond acceptors (Lipinski definition) is 4. The molecule has 1 N–H and O–H groups in total. The summed E-state index contributed by atoms with van der Waals surface area (Å²) in [6, 6.07) is 6.51. The lowest BCUT2D eigenvalue weighted by Crippen LogP contribution is -2.51. The normalized spacial score (nSPS) is 23.0. The van der Waals surface area contributed by atoms with E-state index in [4.69, 9.17) is 9.47 Å². The van der Waals surface area contributed by atoms with Crippen LogP contribution in [0.3, 0.4) is 0 Å². The largest absolute Gasteiger partial charge is 0.486 e. The Morgan fingerprint density at radius 1 is 1.32 bits per heavy atom. The Bertz CT molecular complexity index is 603. The molecule has 0 unspecified atom stereocenters. The van der Waals surface area contributed by atoms with E-state index in [2.05, 4.69) is 18.3 Å². The second-order valence-electron chi connectivity index (χ2n) is 7.32. The first-order chi connectivity index (χ1) is 12.1. The highest BCUT2D eigenvalue weighted by Crippen LogP contribution is 2.34. The maximum atomic E-state index is 12.3. The van der Waals surface area contributed by atoms with Crippen LogP contribution in [0, 0.1) is 11.8 Å². The molecule has 0 spiro atoms. The highest BCUT2D eigenvalue weighted by atomic mass is 16.6. The van der Waals surface area contributed by atoms with Gasteiger partial charge in [-0.25, -0.2) is 0 Å². The van der Waals surface area contributed by atoms with Gasteiger partial charge in [0.1, 0.15) is 13.2 Å². The van der Waals surface area contributed by atoms with Crippen LogP contribution in [-0.2, 0) is 11.3 Å². The third kappa shape index (κ3) is 4.09. The van der Waals surface area contributed by atoms with Crippen LogP contribution in [0.1, 0.15) is 39.2 Å². The number of hydrogen-bond donors (Lipinski definition) is 1. The molecule has 1 fully saturated rings. The van der Waals surface area contributed by atoms with Gasteiger partial charge in [-0.15, -0.1) is 0 Å². The van der Waals surface area contributed by atoms with Gasteiger partial charge in [0, 0.05) is 37.2 Å². The van der Waals surface area contributed by atoms with Crippen molar-refractivity contribution in [2.75, 3.05) is 26.3 Å². The lowest BCUT2D eigenvalue weighted by Gasteiger charge is -2.39. The van der Waals surface area contributed by atoms with Crippen molar-refractivity contribution >= 4 is 5.91 Å². The smallest absolute Gasteiger partial charge is 0.225 e. The summed E-state index contributed by atoms with van der Waals surface area (Å²) in [5, 5.41) is 3.70. The van der Waals surface area contributed by atoms with Crippen molar-refractivity contribution in [2.45, 2.75) is 46.2 Å². The highest BCUT2D eigenvalue weighted by molar-refractivity contribution is 5.78. The zero-order chi connectivity index (χ0) is 17.8. The minimum Gasteiger partial charge on any atom is -0.486 e. The third-order valence-electron chi connectivity index (χ3n) is 5.27. The first kappa shape index (κ1) is 18.1.